The van der Waals surface area contributed by atoms with Gasteiger partial charge in [0, 0.05) is 6.54 Å². The fourth-order valence-electron chi connectivity index (χ4n) is 2.73. The van der Waals surface area contributed by atoms with Gasteiger partial charge in [-0.1, -0.05) is 19.1 Å². The van der Waals surface area contributed by atoms with Gasteiger partial charge in [-0.25, -0.2) is 4.39 Å². The molecule has 2 rings (SSSR count). The fourth-order valence-corrected chi connectivity index (χ4v) is 2.73. The van der Waals surface area contributed by atoms with Gasteiger partial charge in [0.05, 0.1) is 6.10 Å². The number of hydrogen-bond donors (Lipinski definition) is 1. The molecule has 3 heteroatoms. The fraction of sp³-hybridized carbons (Fsp3) is 0.625. The van der Waals surface area contributed by atoms with Crippen molar-refractivity contribution >= 4 is 0 Å². The van der Waals surface area contributed by atoms with Gasteiger partial charge in [-0.3, -0.25) is 0 Å². The Balaban J connectivity index is 1.81. The molecule has 1 aliphatic rings. The van der Waals surface area contributed by atoms with Gasteiger partial charge >= 0.3 is 0 Å². The summed E-state index contributed by atoms with van der Waals surface area (Å²) in [5.41, 5.74) is 0.684. The van der Waals surface area contributed by atoms with Gasteiger partial charge < -0.3 is 10.0 Å². The van der Waals surface area contributed by atoms with Crippen molar-refractivity contribution < 1.29 is 9.50 Å². The Morgan fingerprint density at radius 3 is 3.00 bits per heavy atom. The summed E-state index contributed by atoms with van der Waals surface area (Å²) in [7, 11) is 0. The molecule has 1 aromatic rings. The van der Waals surface area contributed by atoms with Crippen LogP contribution >= 0.6 is 0 Å². The molecule has 2 unspecified atom stereocenters. The van der Waals surface area contributed by atoms with Crippen LogP contribution in [-0.4, -0.2) is 29.6 Å². The number of hydrogen-bond acceptors (Lipinski definition) is 2. The lowest BCUT2D eigenvalue weighted by molar-refractivity contribution is 0.142. The topological polar surface area (TPSA) is 23.5 Å². The second kappa shape index (κ2) is 7.01. The summed E-state index contributed by atoms with van der Waals surface area (Å²) in [5, 5.41) is 10.1. The van der Waals surface area contributed by atoms with Gasteiger partial charge in [0.1, 0.15) is 5.82 Å². The van der Waals surface area contributed by atoms with E-state index in [-0.39, 0.29) is 5.82 Å². The average molecular weight is 265 g/mol. The lowest BCUT2D eigenvalue weighted by Crippen LogP contribution is -2.27. The molecule has 0 bridgehead atoms. The van der Waals surface area contributed by atoms with Gasteiger partial charge in [-0.2, -0.15) is 0 Å². The van der Waals surface area contributed by atoms with Gasteiger partial charge in [-0.15, -0.1) is 0 Å². The number of nitrogens with zero attached hydrogens (tertiary/aromatic N) is 1. The molecule has 106 valence electrons. The van der Waals surface area contributed by atoms with Crippen LogP contribution in [0.4, 0.5) is 4.39 Å². The van der Waals surface area contributed by atoms with Gasteiger partial charge in [-0.05, 0) is 62.4 Å². The molecule has 1 N–H and O–H groups in total. The minimum absolute atomic E-state index is 0.278. The van der Waals surface area contributed by atoms with Crippen LogP contribution in [0.3, 0.4) is 0 Å². The van der Waals surface area contributed by atoms with E-state index in [9.17, 15) is 9.50 Å². The lowest BCUT2D eigenvalue weighted by Gasteiger charge is -2.21. The Hall–Kier alpha value is -0.930. The van der Waals surface area contributed by atoms with E-state index in [0.717, 1.165) is 25.6 Å². The SMILES string of the molecule is CC1CCCN(CCC(O)c2cccc(F)c2)CC1. The van der Waals surface area contributed by atoms with E-state index in [4.69, 9.17) is 0 Å². The Labute approximate surface area is 115 Å². The Morgan fingerprint density at radius 1 is 1.37 bits per heavy atom. The standard InChI is InChI=1S/C16H24FNO/c1-13-4-3-9-18(10-7-13)11-8-16(19)14-5-2-6-15(17)12-14/h2,5-6,12-13,16,19H,3-4,7-11H2,1H3. The van der Waals surface area contributed by atoms with Crippen molar-refractivity contribution in [3.05, 3.63) is 35.6 Å². The molecule has 1 saturated heterocycles. The van der Waals surface area contributed by atoms with E-state index in [1.807, 2.05) is 0 Å². The van der Waals surface area contributed by atoms with Crippen LogP contribution in [0.15, 0.2) is 24.3 Å². The zero-order chi connectivity index (χ0) is 13.7. The number of benzene rings is 1. The Morgan fingerprint density at radius 2 is 2.21 bits per heavy atom. The Kier molecular flexibility index (Phi) is 5.34. The second-order valence-corrected chi connectivity index (χ2v) is 5.74. The van der Waals surface area contributed by atoms with Crippen molar-refractivity contribution in [1.29, 1.82) is 0 Å². The van der Waals surface area contributed by atoms with E-state index < -0.39 is 6.10 Å². The normalized spacial score (nSPS) is 23.0. The van der Waals surface area contributed by atoms with Crippen molar-refractivity contribution in [2.24, 2.45) is 5.92 Å². The summed E-state index contributed by atoms with van der Waals surface area (Å²) in [4.78, 5) is 2.42. The van der Waals surface area contributed by atoms with Crippen molar-refractivity contribution in [2.45, 2.75) is 38.7 Å². The minimum atomic E-state index is -0.559. The quantitative estimate of drug-likeness (QED) is 0.902. The summed E-state index contributed by atoms with van der Waals surface area (Å²) < 4.78 is 13.1. The summed E-state index contributed by atoms with van der Waals surface area (Å²) in [6.45, 7) is 5.45. The maximum atomic E-state index is 13.1. The highest BCUT2D eigenvalue weighted by Crippen LogP contribution is 2.20. The first-order chi connectivity index (χ1) is 9.15. The number of halogens is 1. The number of rotatable bonds is 4. The smallest absolute Gasteiger partial charge is 0.123 e. The molecule has 1 aromatic carbocycles. The molecular formula is C16H24FNO. The first kappa shape index (κ1) is 14.5. The summed E-state index contributed by atoms with van der Waals surface area (Å²) >= 11 is 0. The largest absolute Gasteiger partial charge is 0.388 e. The molecule has 2 atom stereocenters. The molecule has 0 saturated carbocycles. The summed E-state index contributed by atoms with van der Waals surface area (Å²) in [6.07, 6.45) is 3.92. The minimum Gasteiger partial charge on any atom is -0.388 e. The molecule has 0 aliphatic carbocycles. The van der Waals surface area contributed by atoms with Gasteiger partial charge in [0.15, 0.2) is 0 Å². The van der Waals surface area contributed by atoms with Crippen molar-refractivity contribution in [1.82, 2.24) is 4.90 Å². The molecule has 0 amide bonds. The first-order valence-electron chi connectivity index (χ1n) is 7.31. The summed E-state index contributed by atoms with van der Waals surface area (Å²) in [5.74, 6) is 0.540. The van der Waals surface area contributed by atoms with Gasteiger partial charge in [0.25, 0.3) is 0 Å². The predicted octanol–water partition coefficient (Wildman–Crippen LogP) is 3.37. The zero-order valence-electron chi connectivity index (χ0n) is 11.7. The van der Waals surface area contributed by atoms with Crippen LogP contribution in [0, 0.1) is 11.7 Å². The molecule has 1 fully saturated rings. The highest BCUT2D eigenvalue weighted by atomic mass is 19.1. The maximum Gasteiger partial charge on any atom is 0.123 e. The third-order valence-electron chi connectivity index (χ3n) is 4.06. The first-order valence-corrected chi connectivity index (χ1v) is 7.31. The van der Waals surface area contributed by atoms with Crippen LogP contribution in [0.25, 0.3) is 0 Å². The molecule has 0 radical (unpaired) electrons. The van der Waals surface area contributed by atoms with E-state index in [1.165, 1.54) is 31.4 Å². The van der Waals surface area contributed by atoms with E-state index in [0.29, 0.717) is 12.0 Å². The van der Waals surface area contributed by atoms with Gasteiger partial charge in [0.2, 0.25) is 0 Å². The molecule has 1 aliphatic heterocycles. The van der Waals surface area contributed by atoms with Crippen LogP contribution in [0.2, 0.25) is 0 Å². The van der Waals surface area contributed by atoms with E-state index in [2.05, 4.69) is 11.8 Å². The van der Waals surface area contributed by atoms with Crippen molar-refractivity contribution in [2.75, 3.05) is 19.6 Å². The van der Waals surface area contributed by atoms with Crippen LogP contribution in [0.5, 0.6) is 0 Å². The number of aliphatic hydroxyl groups is 1. The lowest BCUT2D eigenvalue weighted by atomic mass is 10.0. The molecule has 1 heterocycles. The van der Waals surface area contributed by atoms with Crippen LogP contribution in [-0.2, 0) is 0 Å². The monoisotopic (exact) mass is 265 g/mol. The van der Waals surface area contributed by atoms with E-state index >= 15 is 0 Å². The summed E-state index contributed by atoms with van der Waals surface area (Å²) in [6, 6.07) is 6.28. The van der Waals surface area contributed by atoms with Crippen molar-refractivity contribution in [3.8, 4) is 0 Å². The second-order valence-electron chi connectivity index (χ2n) is 5.74. The maximum absolute atomic E-state index is 13.1. The molecule has 2 nitrogen and oxygen atoms in total. The highest BCUT2D eigenvalue weighted by Gasteiger charge is 2.15. The molecular weight excluding hydrogens is 241 g/mol. The van der Waals surface area contributed by atoms with Crippen molar-refractivity contribution in [3.63, 3.8) is 0 Å². The van der Waals surface area contributed by atoms with Crippen LogP contribution in [0.1, 0.15) is 44.3 Å². The third kappa shape index (κ3) is 4.59. The number of likely N-dealkylation sites (tertiary alicyclic amines) is 1. The molecule has 0 spiro atoms. The number of aliphatic hydroxyl groups excluding tert-OH is 1. The zero-order valence-corrected chi connectivity index (χ0v) is 11.7. The predicted molar refractivity (Wildman–Crippen MR) is 75.4 cm³/mol. The Bertz CT molecular complexity index is 396. The third-order valence-corrected chi connectivity index (χ3v) is 4.06. The average Bonchev–Trinajstić information content (AvgIpc) is 2.61. The highest BCUT2D eigenvalue weighted by molar-refractivity contribution is 5.18. The molecule has 0 aromatic heterocycles. The molecule has 19 heavy (non-hydrogen) atoms. The van der Waals surface area contributed by atoms with Crippen LogP contribution < -0.4 is 0 Å². The van der Waals surface area contributed by atoms with E-state index in [1.54, 1.807) is 12.1 Å².